The first-order chi connectivity index (χ1) is 5.76. The lowest BCUT2D eigenvalue weighted by atomic mass is 10.4. The van der Waals surface area contributed by atoms with Crippen LogP contribution in [0.3, 0.4) is 0 Å². The van der Waals surface area contributed by atoms with Crippen LogP contribution in [0.5, 0.6) is 0 Å². The van der Waals surface area contributed by atoms with E-state index in [-0.39, 0.29) is 19.0 Å². The number of hydrogen-bond acceptors (Lipinski definition) is 4. The summed E-state index contributed by atoms with van der Waals surface area (Å²) in [6.45, 7) is 1.72. The highest BCUT2D eigenvalue weighted by atomic mass is 16.6. The summed E-state index contributed by atoms with van der Waals surface area (Å²) >= 11 is 0. The highest BCUT2D eigenvalue weighted by molar-refractivity contribution is 5.86. The van der Waals surface area contributed by atoms with Gasteiger partial charge in [-0.1, -0.05) is 6.92 Å². The van der Waals surface area contributed by atoms with E-state index in [0.717, 1.165) is 0 Å². The normalized spacial score (nSPS) is 11.1. The Kier molecular flexibility index (Phi) is 6.09. The van der Waals surface area contributed by atoms with Crippen LogP contribution in [-0.2, 0) is 14.3 Å². The molecule has 0 atom stereocenters. The maximum Gasteiger partial charge on any atom is 0.373 e. The fourth-order valence-corrected chi connectivity index (χ4v) is 0.645. The first-order valence-electron chi connectivity index (χ1n) is 3.78. The van der Waals surface area contributed by atoms with Crippen LogP contribution in [0.2, 0.25) is 0 Å². The zero-order valence-electron chi connectivity index (χ0n) is 7.37. The minimum absolute atomic E-state index is 0.00322. The molecule has 0 spiro atoms. The minimum Gasteiger partial charge on any atom is -0.490 e. The molecule has 0 radical (unpaired) electrons. The van der Waals surface area contributed by atoms with Crippen LogP contribution in [0.4, 0.5) is 0 Å². The topological polar surface area (TPSA) is 55.8 Å². The second-order valence-corrected chi connectivity index (χ2v) is 2.04. The molecular formula is C8H14O4. The summed E-state index contributed by atoms with van der Waals surface area (Å²) in [5.74, 6) is -0.348. The molecule has 4 nitrogen and oxygen atoms in total. The van der Waals surface area contributed by atoms with Crippen LogP contribution >= 0.6 is 0 Å². The summed E-state index contributed by atoms with van der Waals surface area (Å²) in [5, 5.41) is 8.36. The Morgan fingerprint density at radius 2 is 2.25 bits per heavy atom. The van der Waals surface area contributed by atoms with Gasteiger partial charge >= 0.3 is 5.97 Å². The molecule has 0 saturated carbocycles. The fraction of sp³-hybridized carbons (Fsp3) is 0.625. The van der Waals surface area contributed by atoms with Crippen LogP contribution in [0.1, 0.15) is 13.3 Å². The van der Waals surface area contributed by atoms with Crippen LogP contribution in [0, 0.1) is 0 Å². The van der Waals surface area contributed by atoms with Crippen molar-refractivity contribution in [3.8, 4) is 0 Å². The number of carbonyl (C=O) groups is 1. The lowest BCUT2D eigenvalue weighted by molar-refractivity contribution is -0.143. The highest BCUT2D eigenvalue weighted by Gasteiger charge is 2.09. The van der Waals surface area contributed by atoms with Gasteiger partial charge in [-0.25, -0.2) is 4.79 Å². The zero-order chi connectivity index (χ0) is 9.40. The van der Waals surface area contributed by atoms with Gasteiger partial charge in [0.2, 0.25) is 0 Å². The molecule has 1 N–H and O–H groups in total. The van der Waals surface area contributed by atoms with Gasteiger partial charge in [0.1, 0.15) is 6.61 Å². The quantitative estimate of drug-likeness (QED) is 0.374. The molecule has 12 heavy (non-hydrogen) atoms. The van der Waals surface area contributed by atoms with E-state index in [4.69, 9.17) is 9.84 Å². The number of ether oxygens (including phenoxy) is 2. The Hall–Kier alpha value is -1.03. The summed E-state index contributed by atoms with van der Waals surface area (Å²) in [5.41, 5.74) is 0. The Labute approximate surface area is 71.8 Å². The molecule has 0 aliphatic carbocycles. The minimum atomic E-state index is -0.534. The smallest absolute Gasteiger partial charge is 0.373 e. The van der Waals surface area contributed by atoms with Crippen molar-refractivity contribution in [3.63, 3.8) is 0 Å². The Bertz CT molecular complexity index is 162. The molecule has 0 aromatic rings. The van der Waals surface area contributed by atoms with Gasteiger partial charge in [-0.05, 0) is 12.5 Å². The Balaban J connectivity index is 3.95. The number of esters is 1. The van der Waals surface area contributed by atoms with Crippen molar-refractivity contribution in [1.82, 2.24) is 0 Å². The van der Waals surface area contributed by atoms with Crippen molar-refractivity contribution in [3.05, 3.63) is 11.8 Å². The van der Waals surface area contributed by atoms with Gasteiger partial charge in [0.25, 0.3) is 0 Å². The maximum absolute atomic E-state index is 11.0. The summed E-state index contributed by atoms with van der Waals surface area (Å²) in [6, 6.07) is 0. The zero-order valence-corrected chi connectivity index (χ0v) is 7.37. The van der Waals surface area contributed by atoms with Gasteiger partial charge in [-0.15, -0.1) is 0 Å². The largest absolute Gasteiger partial charge is 0.490 e. The number of rotatable bonds is 5. The van der Waals surface area contributed by atoms with Gasteiger partial charge in [0.15, 0.2) is 5.76 Å². The van der Waals surface area contributed by atoms with Gasteiger partial charge in [0, 0.05) is 0 Å². The van der Waals surface area contributed by atoms with E-state index in [9.17, 15) is 4.79 Å². The standard InChI is InChI=1S/C8H14O4/c1-3-4-7(11-2)8(10)12-6-5-9/h4,9H,3,5-6H2,1-2H3. The molecule has 0 aliphatic rings. The number of carbonyl (C=O) groups excluding carboxylic acids is 1. The number of hydrogen-bond donors (Lipinski definition) is 1. The van der Waals surface area contributed by atoms with E-state index < -0.39 is 5.97 Å². The average Bonchev–Trinajstić information content (AvgIpc) is 2.10. The van der Waals surface area contributed by atoms with Crippen molar-refractivity contribution in [2.45, 2.75) is 13.3 Å². The fourth-order valence-electron chi connectivity index (χ4n) is 0.645. The molecule has 0 aromatic heterocycles. The Morgan fingerprint density at radius 1 is 1.58 bits per heavy atom. The van der Waals surface area contributed by atoms with Gasteiger partial charge < -0.3 is 14.6 Å². The highest BCUT2D eigenvalue weighted by Crippen LogP contribution is 2.00. The number of aliphatic hydroxyl groups is 1. The lowest BCUT2D eigenvalue weighted by Gasteiger charge is -2.04. The van der Waals surface area contributed by atoms with Crippen LogP contribution in [0.15, 0.2) is 11.8 Å². The summed E-state index contributed by atoms with van der Waals surface area (Å²) in [7, 11) is 1.40. The van der Waals surface area contributed by atoms with E-state index in [1.807, 2.05) is 6.92 Å². The van der Waals surface area contributed by atoms with E-state index in [0.29, 0.717) is 6.42 Å². The van der Waals surface area contributed by atoms with E-state index in [1.165, 1.54) is 7.11 Å². The Morgan fingerprint density at radius 3 is 2.67 bits per heavy atom. The van der Waals surface area contributed by atoms with Crippen molar-refractivity contribution in [2.24, 2.45) is 0 Å². The average molecular weight is 174 g/mol. The third kappa shape index (κ3) is 3.98. The van der Waals surface area contributed by atoms with Crippen LogP contribution in [-0.4, -0.2) is 31.4 Å². The molecular weight excluding hydrogens is 160 g/mol. The molecule has 0 aromatic carbocycles. The summed E-state index contributed by atoms with van der Waals surface area (Å²) < 4.78 is 9.37. The molecule has 0 unspecified atom stereocenters. The third-order valence-corrected chi connectivity index (χ3v) is 1.14. The van der Waals surface area contributed by atoms with E-state index in [1.54, 1.807) is 6.08 Å². The molecule has 0 heterocycles. The third-order valence-electron chi connectivity index (χ3n) is 1.14. The van der Waals surface area contributed by atoms with E-state index >= 15 is 0 Å². The second-order valence-electron chi connectivity index (χ2n) is 2.04. The molecule has 0 aliphatic heterocycles. The van der Waals surface area contributed by atoms with Gasteiger partial charge in [-0.2, -0.15) is 0 Å². The molecule has 0 saturated heterocycles. The lowest BCUT2D eigenvalue weighted by Crippen LogP contribution is -2.12. The molecule has 0 bridgehead atoms. The molecule has 0 rings (SSSR count). The van der Waals surface area contributed by atoms with Crippen LogP contribution < -0.4 is 0 Å². The number of methoxy groups -OCH3 is 1. The molecule has 70 valence electrons. The predicted octanol–water partition coefficient (Wildman–Crippen LogP) is 0.462. The van der Waals surface area contributed by atoms with E-state index in [2.05, 4.69) is 4.74 Å². The number of aliphatic hydroxyl groups excluding tert-OH is 1. The number of allylic oxidation sites excluding steroid dienone is 1. The summed E-state index contributed by atoms with van der Waals surface area (Å²) in [6.07, 6.45) is 2.33. The molecule has 0 amide bonds. The van der Waals surface area contributed by atoms with Gasteiger partial charge in [-0.3, -0.25) is 0 Å². The van der Waals surface area contributed by atoms with Crippen molar-refractivity contribution < 1.29 is 19.4 Å². The predicted molar refractivity (Wildman–Crippen MR) is 43.4 cm³/mol. The monoisotopic (exact) mass is 174 g/mol. The van der Waals surface area contributed by atoms with Crippen molar-refractivity contribution in [1.29, 1.82) is 0 Å². The second kappa shape index (κ2) is 6.67. The molecule has 0 fully saturated rings. The first kappa shape index (κ1) is 11.0. The summed E-state index contributed by atoms with van der Waals surface area (Å²) in [4.78, 5) is 11.0. The first-order valence-corrected chi connectivity index (χ1v) is 3.78. The van der Waals surface area contributed by atoms with Crippen molar-refractivity contribution in [2.75, 3.05) is 20.3 Å². The van der Waals surface area contributed by atoms with Gasteiger partial charge in [0.05, 0.1) is 13.7 Å². The SMILES string of the molecule is CCC=C(OC)C(=O)OCCO. The maximum atomic E-state index is 11.0. The van der Waals surface area contributed by atoms with Crippen molar-refractivity contribution >= 4 is 5.97 Å². The van der Waals surface area contributed by atoms with Crippen LogP contribution in [0.25, 0.3) is 0 Å². The molecule has 4 heteroatoms.